The molecule has 1 aliphatic heterocycles. The van der Waals surface area contributed by atoms with Crippen molar-refractivity contribution in [2.75, 3.05) is 33.4 Å². The summed E-state index contributed by atoms with van der Waals surface area (Å²) >= 11 is 0. The van der Waals surface area contributed by atoms with Crippen LogP contribution in [-0.2, 0) is 9.59 Å². The Morgan fingerprint density at radius 2 is 2.00 bits per heavy atom. The molecule has 1 aromatic carbocycles. The third-order valence-electron chi connectivity index (χ3n) is 5.02. The Kier molecular flexibility index (Phi) is 7.45. The lowest BCUT2D eigenvalue weighted by Gasteiger charge is -2.31. The van der Waals surface area contributed by atoms with Crippen molar-refractivity contribution < 1.29 is 19.4 Å². The molecule has 1 aliphatic rings. The molecule has 0 spiro atoms. The lowest BCUT2D eigenvalue weighted by Crippen LogP contribution is -2.40. The van der Waals surface area contributed by atoms with E-state index in [1.165, 1.54) is 0 Å². The highest BCUT2D eigenvalue weighted by Gasteiger charge is 2.45. The van der Waals surface area contributed by atoms with Crippen molar-refractivity contribution in [3.8, 4) is 5.75 Å². The lowest BCUT2D eigenvalue weighted by molar-refractivity contribution is -0.136. The number of benzene rings is 1. The van der Waals surface area contributed by atoms with Gasteiger partial charge in [-0.3, -0.25) is 9.59 Å². The quantitative estimate of drug-likeness (QED) is 0.731. The number of likely N-dealkylation sites (N-methyl/N-ethyl adjacent to an activating group) is 1. The molecule has 1 saturated heterocycles. The van der Waals surface area contributed by atoms with Gasteiger partial charge in [0.1, 0.15) is 5.75 Å². The van der Waals surface area contributed by atoms with Crippen LogP contribution in [0.2, 0.25) is 0 Å². The van der Waals surface area contributed by atoms with Crippen molar-refractivity contribution in [3.05, 3.63) is 29.8 Å². The number of hydrogen-bond donors (Lipinski definition) is 1. The second kappa shape index (κ2) is 9.57. The molecule has 6 nitrogen and oxygen atoms in total. The van der Waals surface area contributed by atoms with Crippen LogP contribution in [0.15, 0.2) is 24.3 Å². The molecule has 0 aliphatic carbocycles. The number of methoxy groups -OCH3 is 1. The summed E-state index contributed by atoms with van der Waals surface area (Å²) in [6.07, 6.45) is 2.12. The summed E-state index contributed by atoms with van der Waals surface area (Å²) in [7, 11) is 1.61. The number of carbonyl (C=O) groups is 2. The van der Waals surface area contributed by atoms with Crippen molar-refractivity contribution in [1.82, 2.24) is 9.80 Å². The number of rotatable bonds is 9. The average Bonchev–Trinajstić information content (AvgIpc) is 3.00. The zero-order valence-corrected chi connectivity index (χ0v) is 16.0. The van der Waals surface area contributed by atoms with E-state index in [4.69, 9.17) is 4.74 Å². The normalized spacial score (nSPS) is 19.7. The Labute approximate surface area is 155 Å². The number of hydrogen-bond acceptors (Lipinski definition) is 4. The minimum Gasteiger partial charge on any atom is -0.497 e. The summed E-state index contributed by atoms with van der Waals surface area (Å²) in [5.74, 6) is 0.295. The largest absolute Gasteiger partial charge is 0.497 e. The van der Waals surface area contributed by atoms with Gasteiger partial charge in [-0.15, -0.1) is 0 Å². The van der Waals surface area contributed by atoms with Crippen molar-refractivity contribution in [2.24, 2.45) is 5.92 Å². The smallest absolute Gasteiger partial charge is 0.228 e. The summed E-state index contributed by atoms with van der Waals surface area (Å²) in [4.78, 5) is 29.2. The highest BCUT2D eigenvalue weighted by molar-refractivity contribution is 5.90. The second-order valence-electron chi connectivity index (χ2n) is 6.61. The molecule has 0 radical (unpaired) electrons. The Morgan fingerprint density at radius 1 is 1.31 bits per heavy atom. The molecule has 1 aromatic rings. The van der Waals surface area contributed by atoms with Gasteiger partial charge >= 0.3 is 0 Å². The van der Waals surface area contributed by atoms with Gasteiger partial charge in [0.2, 0.25) is 11.8 Å². The Balaban J connectivity index is 2.34. The number of ether oxygens (including phenoxy) is 1. The van der Waals surface area contributed by atoms with Crippen molar-refractivity contribution in [1.29, 1.82) is 0 Å². The van der Waals surface area contributed by atoms with Crippen LogP contribution in [0.3, 0.4) is 0 Å². The molecule has 2 unspecified atom stereocenters. The van der Waals surface area contributed by atoms with E-state index in [1.807, 2.05) is 36.1 Å². The molecule has 2 amide bonds. The molecule has 0 saturated carbocycles. The van der Waals surface area contributed by atoms with E-state index in [-0.39, 0.29) is 30.9 Å². The summed E-state index contributed by atoms with van der Waals surface area (Å²) in [6.45, 7) is 5.38. The SMILES string of the molecule is CCCCN1C(=O)CC(C(=O)N(CC)CCO)C1c1ccc(OC)cc1. The van der Waals surface area contributed by atoms with Crippen LogP contribution in [0.5, 0.6) is 5.75 Å². The molecule has 26 heavy (non-hydrogen) atoms. The molecule has 0 bridgehead atoms. The maximum absolute atomic E-state index is 13.0. The number of carbonyl (C=O) groups excluding carboxylic acids is 2. The zero-order valence-electron chi connectivity index (χ0n) is 16.0. The molecule has 1 heterocycles. The number of aliphatic hydroxyl groups excluding tert-OH is 1. The average molecular weight is 362 g/mol. The fraction of sp³-hybridized carbons (Fsp3) is 0.600. The highest BCUT2D eigenvalue weighted by Crippen LogP contribution is 2.39. The maximum Gasteiger partial charge on any atom is 0.228 e. The number of aliphatic hydroxyl groups is 1. The van der Waals surface area contributed by atoms with Gasteiger partial charge in [0.25, 0.3) is 0 Å². The molecule has 2 atom stereocenters. The van der Waals surface area contributed by atoms with E-state index in [9.17, 15) is 14.7 Å². The molecule has 2 rings (SSSR count). The lowest BCUT2D eigenvalue weighted by atomic mass is 9.92. The molecular formula is C20H30N2O4. The van der Waals surface area contributed by atoms with Gasteiger partial charge < -0.3 is 19.6 Å². The summed E-state index contributed by atoms with van der Waals surface area (Å²) in [5, 5.41) is 9.24. The molecular weight excluding hydrogens is 332 g/mol. The predicted molar refractivity (Wildman–Crippen MR) is 99.8 cm³/mol. The minimum atomic E-state index is -0.417. The predicted octanol–water partition coefficient (Wildman–Crippen LogP) is 2.23. The van der Waals surface area contributed by atoms with Crippen LogP contribution in [0, 0.1) is 5.92 Å². The molecule has 0 aromatic heterocycles. The fourth-order valence-corrected chi connectivity index (χ4v) is 3.60. The minimum absolute atomic E-state index is 0.0256. The van der Waals surface area contributed by atoms with Gasteiger partial charge in [0, 0.05) is 26.1 Å². The van der Waals surface area contributed by atoms with E-state index in [0.29, 0.717) is 19.6 Å². The highest BCUT2D eigenvalue weighted by atomic mass is 16.5. The van der Waals surface area contributed by atoms with Crippen LogP contribution in [-0.4, -0.2) is 60.1 Å². The van der Waals surface area contributed by atoms with E-state index < -0.39 is 5.92 Å². The monoisotopic (exact) mass is 362 g/mol. The molecule has 1 N–H and O–H groups in total. The van der Waals surface area contributed by atoms with Crippen LogP contribution in [0.25, 0.3) is 0 Å². The maximum atomic E-state index is 13.0. The standard InChI is InChI=1S/C20H30N2O4/c1-4-6-11-22-18(24)14-17(20(25)21(5-2)12-13-23)19(22)15-7-9-16(26-3)10-8-15/h7-10,17,19,23H,4-6,11-14H2,1-3H3. The van der Waals surface area contributed by atoms with Gasteiger partial charge in [-0.2, -0.15) is 0 Å². The number of nitrogens with zero attached hydrogens (tertiary/aromatic N) is 2. The van der Waals surface area contributed by atoms with Crippen molar-refractivity contribution in [2.45, 2.75) is 39.2 Å². The first-order valence-corrected chi connectivity index (χ1v) is 9.40. The summed E-state index contributed by atoms with van der Waals surface area (Å²) < 4.78 is 5.22. The topological polar surface area (TPSA) is 70.1 Å². The number of unbranched alkanes of at least 4 members (excludes halogenated alkanes) is 1. The van der Waals surface area contributed by atoms with Gasteiger partial charge in [-0.05, 0) is 31.0 Å². The zero-order chi connectivity index (χ0) is 19.1. The Bertz CT molecular complexity index is 602. The first kappa shape index (κ1) is 20.2. The Morgan fingerprint density at radius 3 is 2.54 bits per heavy atom. The third-order valence-corrected chi connectivity index (χ3v) is 5.02. The third kappa shape index (κ3) is 4.36. The van der Waals surface area contributed by atoms with Crippen LogP contribution < -0.4 is 4.74 Å². The first-order chi connectivity index (χ1) is 12.6. The second-order valence-corrected chi connectivity index (χ2v) is 6.61. The van der Waals surface area contributed by atoms with Crippen LogP contribution in [0.1, 0.15) is 44.7 Å². The van der Waals surface area contributed by atoms with Crippen LogP contribution >= 0.6 is 0 Å². The van der Waals surface area contributed by atoms with E-state index in [2.05, 4.69) is 6.92 Å². The molecule has 1 fully saturated rings. The van der Waals surface area contributed by atoms with Crippen LogP contribution in [0.4, 0.5) is 0 Å². The van der Waals surface area contributed by atoms with Crippen molar-refractivity contribution in [3.63, 3.8) is 0 Å². The summed E-state index contributed by atoms with van der Waals surface area (Å²) in [5.41, 5.74) is 0.950. The van der Waals surface area contributed by atoms with Gasteiger partial charge in [0.05, 0.1) is 25.7 Å². The van der Waals surface area contributed by atoms with Gasteiger partial charge in [-0.25, -0.2) is 0 Å². The van der Waals surface area contributed by atoms with Gasteiger partial charge in [-0.1, -0.05) is 25.5 Å². The molecule has 144 valence electrons. The van der Waals surface area contributed by atoms with E-state index >= 15 is 0 Å². The first-order valence-electron chi connectivity index (χ1n) is 9.40. The fourth-order valence-electron chi connectivity index (χ4n) is 3.60. The number of amides is 2. The Hall–Kier alpha value is -2.08. The number of likely N-dealkylation sites (tertiary alicyclic amines) is 1. The summed E-state index contributed by atoms with van der Waals surface area (Å²) in [6, 6.07) is 7.33. The van der Waals surface area contributed by atoms with Gasteiger partial charge in [0.15, 0.2) is 0 Å². The molecule has 6 heteroatoms. The van der Waals surface area contributed by atoms with E-state index in [1.54, 1.807) is 12.0 Å². The van der Waals surface area contributed by atoms with Crippen molar-refractivity contribution >= 4 is 11.8 Å². The van der Waals surface area contributed by atoms with E-state index in [0.717, 1.165) is 24.2 Å².